The lowest BCUT2D eigenvalue weighted by Gasteiger charge is -2.15. The van der Waals surface area contributed by atoms with E-state index >= 15 is 0 Å². The van der Waals surface area contributed by atoms with Gasteiger partial charge in [-0.25, -0.2) is 13.0 Å². The first-order chi connectivity index (χ1) is 15.8. The van der Waals surface area contributed by atoms with Crippen LogP contribution in [0.1, 0.15) is 18.4 Å². The number of halogens is 1. The first-order valence-electron chi connectivity index (χ1n) is 10.5. The summed E-state index contributed by atoms with van der Waals surface area (Å²) in [5.74, 6) is 0.0118. The number of aromatic nitrogens is 3. The minimum atomic E-state index is -4.03. The zero-order chi connectivity index (χ0) is 23.3. The summed E-state index contributed by atoms with van der Waals surface area (Å²) in [6.07, 6.45) is 3.19. The summed E-state index contributed by atoms with van der Waals surface area (Å²) < 4.78 is 35.9. The van der Waals surface area contributed by atoms with Crippen LogP contribution in [-0.2, 0) is 21.1 Å². The molecule has 0 amide bonds. The van der Waals surface area contributed by atoms with Crippen molar-refractivity contribution in [3.8, 4) is 0 Å². The van der Waals surface area contributed by atoms with Crippen molar-refractivity contribution in [2.24, 2.45) is 0 Å². The van der Waals surface area contributed by atoms with Gasteiger partial charge in [0.2, 0.25) is 21.3 Å². The van der Waals surface area contributed by atoms with Crippen LogP contribution < -0.4 is 15.9 Å². The number of nitrogen functional groups attached to an aromatic ring is 1. The molecular weight excluding hydrogens is 464 g/mol. The zero-order valence-corrected chi connectivity index (χ0v) is 19.4. The van der Waals surface area contributed by atoms with Gasteiger partial charge in [-0.15, -0.1) is 0 Å². The maximum atomic E-state index is 13.5. The van der Waals surface area contributed by atoms with Gasteiger partial charge in [0.15, 0.2) is 0 Å². The Labute approximate surface area is 195 Å². The quantitative estimate of drug-likeness (QED) is 0.352. The lowest BCUT2D eigenvalue weighted by atomic mass is 10.2. The number of pyridine rings is 2. The molecule has 5 rings (SSSR count). The number of anilines is 1. The maximum Gasteiger partial charge on any atom is 0.278 e. The minimum absolute atomic E-state index is 0.0118. The molecule has 0 aliphatic carbocycles. The molecule has 0 spiro atoms. The molecule has 10 heteroatoms. The second-order valence-corrected chi connectivity index (χ2v) is 10.5. The third-order valence-corrected chi connectivity index (χ3v) is 8.01. The number of hydrogen-bond donors (Lipinski definition) is 1. The van der Waals surface area contributed by atoms with Gasteiger partial charge in [0.05, 0.1) is 17.5 Å². The van der Waals surface area contributed by atoms with Crippen molar-refractivity contribution in [1.29, 1.82) is 0 Å². The predicted molar refractivity (Wildman–Crippen MR) is 124 cm³/mol. The number of benzene rings is 1. The van der Waals surface area contributed by atoms with Crippen molar-refractivity contribution in [1.82, 2.24) is 9.38 Å². The fraction of sp³-hybridized carbons (Fsp3) is 0.261. The van der Waals surface area contributed by atoms with Crippen LogP contribution in [0.15, 0.2) is 63.2 Å². The van der Waals surface area contributed by atoms with Crippen molar-refractivity contribution in [3.63, 3.8) is 0 Å². The Morgan fingerprint density at radius 2 is 2.03 bits per heavy atom. The Bertz CT molecular complexity index is 1560. The predicted octanol–water partition coefficient (Wildman–Crippen LogP) is 2.69. The summed E-state index contributed by atoms with van der Waals surface area (Å²) in [5.41, 5.74) is 7.74. The number of hydrogen-bond acceptors (Lipinski definition) is 6. The number of nitrogens with two attached hydrogens (primary N) is 1. The molecule has 8 nitrogen and oxygen atoms in total. The fourth-order valence-corrected chi connectivity index (χ4v) is 5.75. The molecule has 1 atom stereocenters. The average molecular weight is 486 g/mol. The molecule has 1 aliphatic heterocycles. The molecule has 0 bridgehead atoms. The number of ether oxygens (including phenoxy) is 1. The SMILES string of the molecule is Cc1cccn2c(=O)c3cc(S(=O)(=O)c4ccc(Cl)cc4)c(N)[n+](C[C@@H]4CCCO4)c3nc12. The van der Waals surface area contributed by atoms with E-state index in [1.807, 2.05) is 13.0 Å². The lowest BCUT2D eigenvalue weighted by molar-refractivity contribution is -0.667. The second-order valence-electron chi connectivity index (χ2n) is 8.14. The van der Waals surface area contributed by atoms with Crippen molar-refractivity contribution in [2.45, 2.75) is 42.2 Å². The maximum absolute atomic E-state index is 13.5. The molecule has 170 valence electrons. The van der Waals surface area contributed by atoms with Crippen LogP contribution in [0.5, 0.6) is 0 Å². The summed E-state index contributed by atoms with van der Waals surface area (Å²) in [6.45, 7) is 2.78. The molecule has 1 aliphatic rings. The Hall–Kier alpha value is -3.01. The summed E-state index contributed by atoms with van der Waals surface area (Å²) in [6, 6.07) is 10.8. The molecule has 1 saturated heterocycles. The molecule has 1 aromatic carbocycles. The Balaban J connectivity index is 1.84. The Kier molecular flexibility index (Phi) is 5.35. The van der Waals surface area contributed by atoms with E-state index in [1.54, 1.807) is 16.8 Å². The second kappa shape index (κ2) is 8.09. The number of aryl methyl sites for hydroxylation is 1. The third-order valence-electron chi connectivity index (χ3n) is 5.96. The molecule has 2 N–H and O–H groups in total. The van der Waals surface area contributed by atoms with Crippen LogP contribution >= 0.6 is 11.6 Å². The van der Waals surface area contributed by atoms with Gasteiger partial charge in [0, 0.05) is 23.4 Å². The molecule has 4 aromatic rings. The van der Waals surface area contributed by atoms with E-state index in [-0.39, 0.29) is 32.7 Å². The summed E-state index contributed by atoms with van der Waals surface area (Å²) in [4.78, 5) is 18.0. The van der Waals surface area contributed by atoms with Gasteiger partial charge >= 0.3 is 0 Å². The van der Waals surface area contributed by atoms with Gasteiger partial charge in [0.1, 0.15) is 10.3 Å². The van der Waals surface area contributed by atoms with Gasteiger partial charge in [-0.05, 0) is 56.2 Å². The van der Waals surface area contributed by atoms with E-state index in [4.69, 9.17) is 27.1 Å². The first-order valence-corrected chi connectivity index (χ1v) is 12.4. The zero-order valence-electron chi connectivity index (χ0n) is 17.9. The summed E-state index contributed by atoms with van der Waals surface area (Å²) in [7, 11) is -4.03. The van der Waals surface area contributed by atoms with E-state index < -0.39 is 9.84 Å². The highest BCUT2D eigenvalue weighted by Crippen LogP contribution is 2.28. The highest BCUT2D eigenvalue weighted by Gasteiger charge is 2.31. The van der Waals surface area contributed by atoms with E-state index in [2.05, 4.69) is 0 Å². The number of fused-ring (bicyclic) bond motifs is 2. The van der Waals surface area contributed by atoms with E-state index in [9.17, 15) is 13.2 Å². The van der Waals surface area contributed by atoms with Crippen LogP contribution in [0.4, 0.5) is 5.82 Å². The van der Waals surface area contributed by atoms with Crippen LogP contribution in [0, 0.1) is 6.92 Å². The highest BCUT2D eigenvalue weighted by atomic mass is 35.5. The van der Waals surface area contributed by atoms with Gasteiger partial charge < -0.3 is 10.5 Å². The van der Waals surface area contributed by atoms with Crippen LogP contribution in [0.25, 0.3) is 16.7 Å². The van der Waals surface area contributed by atoms with Gasteiger partial charge in [-0.2, -0.15) is 0 Å². The molecule has 1 fully saturated rings. The molecule has 33 heavy (non-hydrogen) atoms. The molecular formula is C23H22ClN4O4S+. The van der Waals surface area contributed by atoms with Crippen molar-refractivity contribution >= 4 is 43.9 Å². The largest absolute Gasteiger partial charge is 0.375 e. The van der Waals surface area contributed by atoms with Gasteiger partial charge in [-0.1, -0.05) is 22.7 Å². The molecule has 0 radical (unpaired) electrons. The number of sulfone groups is 1. The molecule has 3 aromatic heterocycles. The molecule has 0 unspecified atom stereocenters. The summed E-state index contributed by atoms with van der Waals surface area (Å²) >= 11 is 5.94. The van der Waals surface area contributed by atoms with Crippen molar-refractivity contribution < 1.29 is 17.7 Å². The van der Waals surface area contributed by atoms with E-state index in [0.29, 0.717) is 29.5 Å². The number of rotatable bonds is 4. The standard InChI is InChI=1S/C23H21ClN4O4S/c1-14-4-2-10-27-21(14)26-22-18(23(27)29)12-19(20(25)28(22)13-16-5-3-11-32-16)33(30,31)17-8-6-15(24)7-9-17/h2,4,6-10,12,16,25H,3,5,11,13H2,1H3/p+1/t16-/m0/s1. The normalized spacial score (nSPS) is 16.6. The van der Waals surface area contributed by atoms with Crippen LogP contribution in [0.3, 0.4) is 0 Å². The van der Waals surface area contributed by atoms with E-state index in [1.165, 1.54) is 34.7 Å². The van der Waals surface area contributed by atoms with Gasteiger partial charge in [-0.3, -0.25) is 9.20 Å². The highest BCUT2D eigenvalue weighted by molar-refractivity contribution is 7.91. The first kappa shape index (κ1) is 21.8. The average Bonchev–Trinajstić information content (AvgIpc) is 3.30. The Morgan fingerprint density at radius 3 is 2.73 bits per heavy atom. The third kappa shape index (κ3) is 3.66. The molecule has 4 heterocycles. The van der Waals surface area contributed by atoms with Crippen LogP contribution in [0.2, 0.25) is 5.02 Å². The van der Waals surface area contributed by atoms with Crippen LogP contribution in [-0.4, -0.2) is 30.5 Å². The minimum Gasteiger partial charge on any atom is -0.375 e. The molecule has 0 saturated carbocycles. The fourth-order valence-electron chi connectivity index (χ4n) is 4.22. The number of nitrogens with zero attached hydrogens (tertiary/aromatic N) is 3. The monoisotopic (exact) mass is 485 g/mol. The van der Waals surface area contributed by atoms with Crippen molar-refractivity contribution in [2.75, 3.05) is 12.3 Å². The Morgan fingerprint density at radius 1 is 1.27 bits per heavy atom. The van der Waals surface area contributed by atoms with Gasteiger partial charge in [0.25, 0.3) is 11.2 Å². The lowest BCUT2D eigenvalue weighted by Crippen LogP contribution is -2.45. The van der Waals surface area contributed by atoms with Crippen molar-refractivity contribution in [3.05, 3.63) is 69.6 Å². The summed E-state index contributed by atoms with van der Waals surface area (Å²) in [5, 5.41) is 0.580. The smallest absolute Gasteiger partial charge is 0.278 e. The topological polar surface area (TPSA) is 108 Å². The van der Waals surface area contributed by atoms with E-state index in [0.717, 1.165) is 18.4 Å².